The van der Waals surface area contributed by atoms with Gasteiger partial charge in [-0.25, -0.2) is 15.0 Å². The highest BCUT2D eigenvalue weighted by Gasteiger charge is 2.18. The maximum absolute atomic E-state index is 5.04. The van der Waals surface area contributed by atoms with Crippen LogP contribution in [0.5, 0.6) is 0 Å². The summed E-state index contributed by atoms with van der Waals surface area (Å²) in [4.78, 5) is 15.0. The number of fused-ring (bicyclic) bond motifs is 6. The Labute approximate surface area is 327 Å². The maximum Gasteiger partial charge on any atom is 0.164 e. The molecular formula is C51H32N4S. The molecule has 0 saturated heterocycles. The minimum absolute atomic E-state index is 0.641. The van der Waals surface area contributed by atoms with Crippen LogP contribution < -0.4 is 0 Å². The quantitative estimate of drug-likeness (QED) is 0.171. The Morgan fingerprint density at radius 1 is 0.339 bits per heavy atom. The van der Waals surface area contributed by atoms with Gasteiger partial charge < -0.3 is 4.57 Å². The number of aromatic nitrogens is 4. The first kappa shape index (κ1) is 32.2. The molecule has 0 bridgehead atoms. The molecule has 11 aromatic rings. The molecule has 0 N–H and O–H groups in total. The van der Waals surface area contributed by atoms with Gasteiger partial charge in [0.2, 0.25) is 0 Å². The Morgan fingerprint density at radius 2 is 0.893 bits per heavy atom. The minimum Gasteiger partial charge on any atom is -0.309 e. The largest absolute Gasteiger partial charge is 0.309 e. The molecule has 56 heavy (non-hydrogen) atoms. The van der Waals surface area contributed by atoms with E-state index in [0.717, 1.165) is 33.5 Å². The smallest absolute Gasteiger partial charge is 0.164 e. The van der Waals surface area contributed by atoms with Gasteiger partial charge in [0, 0.05) is 53.3 Å². The van der Waals surface area contributed by atoms with Crippen LogP contribution in [-0.2, 0) is 0 Å². The van der Waals surface area contributed by atoms with Gasteiger partial charge >= 0.3 is 0 Å². The SMILES string of the molecule is c1ccc(-c2nc(-c3ccccc3)nc(-c3ccccc3-c3ccc(-n4c5ccccc5c5cc(-c6cccc7c6sc6ccccc67)ccc54)cc3)n2)cc1. The van der Waals surface area contributed by atoms with Gasteiger partial charge in [0.25, 0.3) is 0 Å². The molecule has 0 radical (unpaired) electrons. The van der Waals surface area contributed by atoms with Crippen molar-refractivity contribution in [1.82, 2.24) is 19.5 Å². The molecule has 0 aliphatic carbocycles. The Morgan fingerprint density at radius 3 is 1.64 bits per heavy atom. The Kier molecular flexibility index (Phi) is 7.64. The number of thiophene rings is 1. The Hall–Kier alpha value is -7.21. The summed E-state index contributed by atoms with van der Waals surface area (Å²) < 4.78 is 5.03. The van der Waals surface area contributed by atoms with Crippen LogP contribution in [0.3, 0.4) is 0 Å². The van der Waals surface area contributed by atoms with Crippen molar-refractivity contribution in [2.45, 2.75) is 0 Å². The molecule has 11 rings (SSSR count). The van der Waals surface area contributed by atoms with Crippen LogP contribution in [0.2, 0.25) is 0 Å². The molecule has 0 amide bonds. The molecule has 0 atom stereocenters. The first-order chi connectivity index (χ1) is 27.8. The molecule has 0 saturated carbocycles. The van der Waals surface area contributed by atoms with Crippen molar-refractivity contribution in [3.8, 4) is 62.1 Å². The van der Waals surface area contributed by atoms with Crippen LogP contribution in [0.1, 0.15) is 0 Å². The zero-order valence-corrected chi connectivity index (χ0v) is 31.0. The van der Waals surface area contributed by atoms with Crippen molar-refractivity contribution in [2.75, 3.05) is 0 Å². The van der Waals surface area contributed by atoms with Crippen molar-refractivity contribution < 1.29 is 0 Å². The van der Waals surface area contributed by atoms with Gasteiger partial charge in [0.05, 0.1) is 11.0 Å². The molecule has 3 heterocycles. The zero-order valence-electron chi connectivity index (χ0n) is 30.2. The lowest BCUT2D eigenvalue weighted by Crippen LogP contribution is -2.01. The third-order valence-electron chi connectivity index (χ3n) is 10.7. The van der Waals surface area contributed by atoms with E-state index in [1.807, 2.05) is 72.0 Å². The molecule has 0 spiro atoms. The fourth-order valence-corrected chi connectivity index (χ4v) is 9.28. The van der Waals surface area contributed by atoms with Gasteiger partial charge in [-0.15, -0.1) is 11.3 Å². The number of hydrogen-bond acceptors (Lipinski definition) is 4. The van der Waals surface area contributed by atoms with Crippen molar-refractivity contribution in [3.63, 3.8) is 0 Å². The molecular weight excluding hydrogens is 701 g/mol. The number of rotatable bonds is 6. The topological polar surface area (TPSA) is 43.6 Å². The lowest BCUT2D eigenvalue weighted by Gasteiger charge is -2.13. The van der Waals surface area contributed by atoms with Crippen LogP contribution >= 0.6 is 11.3 Å². The average Bonchev–Trinajstić information content (AvgIpc) is 3.83. The van der Waals surface area contributed by atoms with E-state index in [2.05, 4.69) is 138 Å². The van der Waals surface area contributed by atoms with Crippen LogP contribution in [0, 0.1) is 0 Å². The molecule has 4 nitrogen and oxygen atoms in total. The normalized spacial score (nSPS) is 11.6. The summed E-state index contributed by atoms with van der Waals surface area (Å²) >= 11 is 1.88. The molecule has 0 aliphatic heterocycles. The third kappa shape index (κ3) is 5.40. The van der Waals surface area contributed by atoms with Crippen molar-refractivity contribution in [3.05, 3.63) is 194 Å². The van der Waals surface area contributed by atoms with Crippen molar-refractivity contribution in [1.29, 1.82) is 0 Å². The molecule has 5 heteroatoms. The van der Waals surface area contributed by atoms with Crippen LogP contribution in [0.25, 0.3) is 104 Å². The first-order valence-corrected chi connectivity index (χ1v) is 19.6. The van der Waals surface area contributed by atoms with Crippen LogP contribution in [0.15, 0.2) is 194 Å². The number of nitrogens with zero attached hydrogens (tertiary/aromatic N) is 4. The second kappa shape index (κ2) is 13.3. The van der Waals surface area contributed by atoms with Gasteiger partial charge in [-0.1, -0.05) is 158 Å². The summed E-state index contributed by atoms with van der Waals surface area (Å²) in [6.45, 7) is 0. The summed E-state index contributed by atoms with van der Waals surface area (Å²) in [5.74, 6) is 1.94. The summed E-state index contributed by atoms with van der Waals surface area (Å²) in [6.07, 6.45) is 0. The molecule has 0 fully saturated rings. The van der Waals surface area contributed by atoms with E-state index < -0.39 is 0 Å². The average molecular weight is 733 g/mol. The van der Waals surface area contributed by atoms with Crippen LogP contribution in [-0.4, -0.2) is 19.5 Å². The summed E-state index contributed by atoms with van der Waals surface area (Å²) in [6, 6.07) is 68.6. The fraction of sp³-hybridized carbons (Fsp3) is 0. The van der Waals surface area contributed by atoms with E-state index in [1.165, 1.54) is 53.1 Å². The molecule has 262 valence electrons. The van der Waals surface area contributed by atoms with Gasteiger partial charge in [-0.3, -0.25) is 0 Å². The van der Waals surface area contributed by atoms with E-state index in [-0.39, 0.29) is 0 Å². The summed E-state index contributed by atoms with van der Waals surface area (Å²) in [7, 11) is 0. The highest BCUT2D eigenvalue weighted by Crippen LogP contribution is 2.42. The van der Waals surface area contributed by atoms with E-state index in [0.29, 0.717) is 17.5 Å². The third-order valence-corrected chi connectivity index (χ3v) is 11.9. The fourth-order valence-electron chi connectivity index (χ4n) is 8.04. The lowest BCUT2D eigenvalue weighted by molar-refractivity contribution is 1.07. The first-order valence-electron chi connectivity index (χ1n) is 18.8. The summed E-state index contributed by atoms with van der Waals surface area (Å²) in [5, 5.41) is 5.11. The number of para-hydroxylation sites is 1. The highest BCUT2D eigenvalue weighted by molar-refractivity contribution is 7.26. The van der Waals surface area contributed by atoms with Crippen LogP contribution in [0.4, 0.5) is 0 Å². The number of benzene rings is 8. The summed E-state index contributed by atoms with van der Waals surface area (Å²) in [5.41, 5.74) is 11.0. The molecule has 3 aromatic heterocycles. The number of hydrogen-bond donors (Lipinski definition) is 0. The Balaban J connectivity index is 1.01. The van der Waals surface area contributed by atoms with E-state index in [4.69, 9.17) is 15.0 Å². The highest BCUT2D eigenvalue weighted by atomic mass is 32.1. The van der Waals surface area contributed by atoms with Crippen molar-refractivity contribution in [2.24, 2.45) is 0 Å². The molecule has 0 aliphatic rings. The lowest BCUT2D eigenvalue weighted by atomic mass is 9.98. The van der Waals surface area contributed by atoms with Gasteiger partial charge in [0.1, 0.15) is 0 Å². The van der Waals surface area contributed by atoms with Gasteiger partial charge in [0.15, 0.2) is 17.5 Å². The second-order valence-electron chi connectivity index (χ2n) is 14.0. The van der Waals surface area contributed by atoms with E-state index in [1.54, 1.807) is 0 Å². The van der Waals surface area contributed by atoms with E-state index in [9.17, 15) is 0 Å². The van der Waals surface area contributed by atoms with Gasteiger partial charge in [-0.05, 0) is 58.7 Å². The zero-order chi connectivity index (χ0) is 37.0. The standard InChI is InChI=1S/C51H32N4S/c1-3-14-34(15-4-1)49-52-50(35-16-5-2-6-17-35)54-51(53-49)43-21-8-7-18-38(43)33-26-29-37(30-27-33)55-45-24-11-9-19-40(45)44-32-36(28-31-46(44)55)39-22-13-23-42-41-20-10-12-25-47(41)56-48(39)42/h1-32H. The van der Waals surface area contributed by atoms with Gasteiger partial charge in [-0.2, -0.15) is 0 Å². The predicted octanol–water partition coefficient (Wildman–Crippen LogP) is 13.7. The Bertz CT molecular complexity index is 3180. The predicted molar refractivity (Wildman–Crippen MR) is 234 cm³/mol. The van der Waals surface area contributed by atoms with Crippen molar-refractivity contribution >= 4 is 53.3 Å². The monoisotopic (exact) mass is 732 g/mol. The minimum atomic E-state index is 0.641. The molecule has 0 unspecified atom stereocenters. The maximum atomic E-state index is 5.04. The second-order valence-corrected chi connectivity index (χ2v) is 15.0. The molecule has 8 aromatic carbocycles. The van der Waals surface area contributed by atoms with E-state index >= 15 is 0 Å².